The molecule has 2 aromatic carbocycles. The lowest BCUT2D eigenvalue weighted by molar-refractivity contribution is -0.117. The van der Waals surface area contributed by atoms with Gasteiger partial charge in [0.25, 0.3) is 10.0 Å². The number of hydrogen-bond acceptors (Lipinski definition) is 10. The Hall–Kier alpha value is -4.46. The Kier molecular flexibility index (Phi) is 6.64. The molecule has 6 rings (SSSR count). The van der Waals surface area contributed by atoms with Gasteiger partial charge in [0.1, 0.15) is 23.1 Å². The number of fused-ring (bicyclic) bond motifs is 1. The summed E-state index contributed by atoms with van der Waals surface area (Å²) in [6.45, 7) is 1.93. The molecule has 14 heteroatoms. The van der Waals surface area contributed by atoms with E-state index >= 15 is 0 Å². The topological polar surface area (TPSA) is 161 Å². The van der Waals surface area contributed by atoms with Gasteiger partial charge < -0.3 is 29.0 Å². The maximum atomic E-state index is 13.7. The molecule has 0 spiro atoms. The van der Waals surface area contributed by atoms with Crippen LogP contribution in [0.2, 0.25) is 0 Å². The molecule has 1 unspecified atom stereocenters. The molecule has 2 aliphatic rings. The summed E-state index contributed by atoms with van der Waals surface area (Å²) in [5.41, 5.74) is 2.40. The first-order chi connectivity index (χ1) is 19.7. The minimum Gasteiger partial charge on any atom is -0.495 e. The molecular formula is C27H30N6O7S. The molecule has 13 nitrogen and oxygen atoms in total. The normalized spacial score (nSPS) is 17.2. The van der Waals surface area contributed by atoms with Gasteiger partial charge in [-0.2, -0.15) is 5.10 Å². The number of aromatic nitrogens is 3. The monoisotopic (exact) mass is 582 g/mol. The number of rotatable bonds is 10. The number of carbonyl (C=O) groups excluding carboxylic acids is 1. The van der Waals surface area contributed by atoms with E-state index in [-0.39, 0.29) is 34.2 Å². The van der Waals surface area contributed by atoms with Crippen molar-refractivity contribution in [1.82, 2.24) is 15.4 Å². The van der Waals surface area contributed by atoms with Crippen LogP contribution in [0.4, 0.5) is 23.0 Å². The van der Waals surface area contributed by atoms with Crippen molar-refractivity contribution in [3.8, 4) is 17.2 Å². The van der Waals surface area contributed by atoms with Crippen LogP contribution in [0.15, 0.2) is 39.8 Å². The van der Waals surface area contributed by atoms with Crippen molar-refractivity contribution in [1.29, 1.82) is 0 Å². The fourth-order valence-electron chi connectivity index (χ4n) is 5.11. The lowest BCUT2D eigenvalue weighted by Gasteiger charge is -2.24. The van der Waals surface area contributed by atoms with Gasteiger partial charge in [0, 0.05) is 42.6 Å². The molecule has 0 bridgehead atoms. The molecule has 216 valence electrons. The minimum absolute atomic E-state index is 0.0146. The summed E-state index contributed by atoms with van der Waals surface area (Å²) < 4.78 is 51.9. The molecular weight excluding hydrogens is 552 g/mol. The lowest BCUT2D eigenvalue weighted by atomic mass is 10.2. The molecule has 41 heavy (non-hydrogen) atoms. The number of carbonyl (C=O) groups is 1. The second-order valence-electron chi connectivity index (χ2n) is 10.1. The van der Waals surface area contributed by atoms with Crippen LogP contribution in [0.25, 0.3) is 11.0 Å². The zero-order chi connectivity index (χ0) is 28.9. The van der Waals surface area contributed by atoms with E-state index in [2.05, 4.69) is 25.4 Å². The van der Waals surface area contributed by atoms with Crippen LogP contribution in [0.3, 0.4) is 0 Å². The second-order valence-corrected chi connectivity index (χ2v) is 11.7. The number of sulfonamides is 1. The molecule has 1 saturated heterocycles. The van der Waals surface area contributed by atoms with Gasteiger partial charge in [-0.1, -0.05) is 5.16 Å². The van der Waals surface area contributed by atoms with E-state index in [1.54, 1.807) is 17.0 Å². The van der Waals surface area contributed by atoms with Crippen molar-refractivity contribution in [2.75, 3.05) is 36.3 Å². The summed E-state index contributed by atoms with van der Waals surface area (Å²) in [6, 6.07) is 8.24. The van der Waals surface area contributed by atoms with Gasteiger partial charge in [-0.15, -0.1) is 0 Å². The SMILES string of the molecule is COc1cc2c(NS(=O)(=O)c3c(OC)cc(N4C(=O)CCC4C)cc3OC)noc2cc1Nc1cc(C2CC2)n[nH]1. The van der Waals surface area contributed by atoms with Gasteiger partial charge >= 0.3 is 0 Å². The molecule has 1 atom stereocenters. The number of aromatic amines is 1. The predicted molar refractivity (Wildman–Crippen MR) is 151 cm³/mol. The number of H-pyrrole nitrogens is 1. The van der Waals surface area contributed by atoms with Gasteiger partial charge in [0.05, 0.1) is 43.8 Å². The minimum atomic E-state index is -4.30. The Bertz CT molecular complexity index is 1720. The quantitative estimate of drug-likeness (QED) is 0.243. The highest BCUT2D eigenvalue weighted by molar-refractivity contribution is 7.93. The first-order valence-electron chi connectivity index (χ1n) is 13.1. The largest absolute Gasteiger partial charge is 0.495 e. The number of benzene rings is 2. The molecule has 2 aromatic heterocycles. The van der Waals surface area contributed by atoms with E-state index in [9.17, 15) is 13.2 Å². The Balaban J connectivity index is 1.33. The highest BCUT2D eigenvalue weighted by atomic mass is 32.2. The third-order valence-corrected chi connectivity index (χ3v) is 8.77. The van der Waals surface area contributed by atoms with Crippen LogP contribution in [0.1, 0.15) is 44.2 Å². The van der Waals surface area contributed by atoms with Crippen molar-refractivity contribution in [3.63, 3.8) is 0 Å². The third-order valence-electron chi connectivity index (χ3n) is 7.36. The summed E-state index contributed by atoms with van der Waals surface area (Å²) in [4.78, 5) is 13.9. The smallest absolute Gasteiger partial charge is 0.270 e. The number of methoxy groups -OCH3 is 3. The van der Waals surface area contributed by atoms with Gasteiger partial charge in [-0.25, -0.2) is 8.42 Å². The number of anilines is 4. The van der Waals surface area contributed by atoms with Crippen molar-refractivity contribution in [2.24, 2.45) is 0 Å². The van der Waals surface area contributed by atoms with Crippen molar-refractivity contribution in [2.45, 2.75) is 49.5 Å². The summed E-state index contributed by atoms with van der Waals surface area (Å²) in [6.07, 6.45) is 3.39. The van der Waals surface area contributed by atoms with E-state index in [4.69, 9.17) is 18.7 Å². The van der Waals surface area contributed by atoms with E-state index in [1.807, 2.05) is 13.0 Å². The average molecular weight is 583 g/mol. The van der Waals surface area contributed by atoms with Crippen LogP contribution in [-0.2, 0) is 14.8 Å². The summed E-state index contributed by atoms with van der Waals surface area (Å²) in [5.74, 6) is 1.56. The van der Waals surface area contributed by atoms with Gasteiger partial charge in [-0.05, 0) is 32.3 Å². The Morgan fingerprint density at radius 3 is 2.32 bits per heavy atom. The zero-order valence-corrected chi connectivity index (χ0v) is 23.8. The molecule has 1 aliphatic heterocycles. The summed E-state index contributed by atoms with van der Waals surface area (Å²) in [5, 5.41) is 14.9. The van der Waals surface area contributed by atoms with Crippen molar-refractivity contribution in [3.05, 3.63) is 36.0 Å². The first kappa shape index (κ1) is 26.7. The number of hydrogen-bond donors (Lipinski definition) is 3. The third kappa shape index (κ3) is 4.88. The molecule has 3 N–H and O–H groups in total. The molecule has 3 heterocycles. The van der Waals surface area contributed by atoms with Gasteiger partial charge in [0.15, 0.2) is 16.3 Å². The fraction of sp³-hybridized carbons (Fsp3) is 0.370. The van der Waals surface area contributed by atoms with Crippen LogP contribution in [0.5, 0.6) is 17.2 Å². The molecule has 1 aliphatic carbocycles. The standard InChI is InChI=1S/C27H30N6O7S/c1-14-5-8-25(34)33(14)16-9-22(38-3)26(23(10-16)39-4)41(35,36)32-27-17-11-21(37-2)19(12-20(17)40-31-27)28-24-13-18(29-30-24)15-6-7-15/h9-15H,5-8H2,1-4H3,(H,31,32)(H2,28,29,30). The van der Waals surface area contributed by atoms with E-state index in [0.717, 1.165) is 18.5 Å². The van der Waals surface area contributed by atoms with E-state index in [0.29, 0.717) is 52.7 Å². The van der Waals surface area contributed by atoms with Crippen LogP contribution in [-0.4, -0.2) is 57.1 Å². The molecule has 0 radical (unpaired) electrons. The molecule has 4 aromatic rings. The Morgan fingerprint density at radius 1 is 1.00 bits per heavy atom. The van der Waals surface area contributed by atoms with Crippen molar-refractivity contribution < 1.29 is 31.9 Å². The lowest BCUT2D eigenvalue weighted by Crippen LogP contribution is -2.30. The van der Waals surface area contributed by atoms with Crippen LogP contribution in [0, 0.1) is 0 Å². The predicted octanol–water partition coefficient (Wildman–Crippen LogP) is 4.51. The fourth-order valence-corrected chi connectivity index (χ4v) is 6.43. The van der Waals surface area contributed by atoms with E-state index < -0.39 is 10.0 Å². The molecule has 1 saturated carbocycles. The maximum absolute atomic E-state index is 13.7. The number of nitrogens with one attached hydrogen (secondary N) is 3. The molecule has 2 fully saturated rings. The second kappa shape index (κ2) is 10.2. The first-order valence-corrected chi connectivity index (χ1v) is 14.6. The number of nitrogens with zero attached hydrogens (tertiary/aromatic N) is 3. The number of amides is 1. The van der Waals surface area contributed by atoms with Crippen LogP contribution >= 0.6 is 0 Å². The summed E-state index contributed by atoms with van der Waals surface area (Å²) >= 11 is 0. The average Bonchev–Trinajstić information content (AvgIpc) is 3.45. The highest BCUT2D eigenvalue weighted by Crippen LogP contribution is 2.43. The van der Waals surface area contributed by atoms with E-state index in [1.165, 1.54) is 33.5 Å². The molecule has 1 amide bonds. The van der Waals surface area contributed by atoms with Crippen molar-refractivity contribution >= 4 is 49.9 Å². The summed E-state index contributed by atoms with van der Waals surface area (Å²) in [7, 11) is -0.0871. The van der Waals surface area contributed by atoms with Crippen LogP contribution < -0.4 is 29.1 Å². The van der Waals surface area contributed by atoms with Gasteiger partial charge in [-0.3, -0.25) is 14.6 Å². The van der Waals surface area contributed by atoms with Gasteiger partial charge in [0.2, 0.25) is 5.91 Å². The highest BCUT2D eigenvalue weighted by Gasteiger charge is 2.33. The number of ether oxygens (including phenoxy) is 3. The maximum Gasteiger partial charge on any atom is 0.270 e. The Labute approximate surface area is 236 Å². The Morgan fingerprint density at radius 2 is 1.71 bits per heavy atom. The zero-order valence-electron chi connectivity index (χ0n) is 23.0.